The summed E-state index contributed by atoms with van der Waals surface area (Å²) in [5.74, 6) is -0.972. The number of benzene rings is 3. The Kier molecular flexibility index (Phi) is 7.40. The normalized spacial score (nSPS) is 12.2. The van der Waals surface area contributed by atoms with Crippen LogP contribution in [0.2, 0.25) is 0 Å². The van der Waals surface area contributed by atoms with Gasteiger partial charge in [0.05, 0.1) is 10.6 Å². The first-order valence-electron chi connectivity index (χ1n) is 9.46. The lowest BCUT2D eigenvalue weighted by atomic mass is 10.1. The summed E-state index contributed by atoms with van der Waals surface area (Å²) in [6.07, 6.45) is 0. The van der Waals surface area contributed by atoms with Crippen molar-refractivity contribution in [1.29, 1.82) is 0 Å². The van der Waals surface area contributed by atoms with Crippen LogP contribution in [0.3, 0.4) is 0 Å². The van der Waals surface area contributed by atoms with Gasteiger partial charge in [-0.25, -0.2) is 4.99 Å². The summed E-state index contributed by atoms with van der Waals surface area (Å²) in [7, 11) is 1.84. The molecule has 7 nitrogen and oxygen atoms in total. The average Bonchev–Trinajstić information content (AvgIpc) is 2.78. The molecule has 158 valence electrons. The SMILES string of the molecule is CN(Cc1ccccc1)C(=Nc1ccc([N+](=O)[O-])cc1)SC(C(=O)O)c1ccccc1. The number of rotatable bonds is 7. The molecule has 3 aromatic carbocycles. The van der Waals surface area contributed by atoms with Crippen LogP contribution >= 0.6 is 11.8 Å². The molecule has 0 saturated heterocycles. The van der Waals surface area contributed by atoms with Crippen LogP contribution < -0.4 is 0 Å². The number of aliphatic carboxylic acids is 1. The fraction of sp³-hybridized carbons (Fsp3) is 0.130. The van der Waals surface area contributed by atoms with Gasteiger partial charge in [0, 0.05) is 25.7 Å². The van der Waals surface area contributed by atoms with Gasteiger partial charge in [0.25, 0.3) is 5.69 Å². The highest BCUT2D eigenvalue weighted by atomic mass is 32.2. The first-order valence-corrected chi connectivity index (χ1v) is 10.3. The van der Waals surface area contributed by atoms with E-state index in [0.29, 0.717) is 23.0 Å². The molecule has 0 fully saturated rings. The maximum atomic E-state index is 12.0. The van der Waals surface area contributed by atoms with Crippen molar-refractivity contribution in [2.75, 3.05) is 7.05 Å². The molecule has 0 aromatic heterocycles. The summed E-state index contributed by atoms with van der Waals surface area (Å²) in [5.41, 5.74) is 2.18. The Balaban J connectivity index is 1.94. The minimum atomic E-state index is -0.972. The van der Waals surface area contributed by atoms with Crippen molar-refractivity contribution < 1.29 is 14.8 Å². The zero-order valence-electron chi connectivity index (χ0n) is 16.8. The molecule has 0 amide bonds. The Morgan fingerprint density at radius 3 is 2.16 bits per heavy atom. The maximum Gasteiger partial charge on any atom is 0.321 e. The molecule has 0 aliphatic heterocycles. The average molecular weight is 436 g/mol. The van der Waals surface area contributed by atoms with Crippen molar-refractivity contribution in [3.63, 3.8) is 0 Å². The fourth-order valence-corrected chi connectivity index (χ4v) is 3.89. The predicted molar refractivity (Wildman–Crippen MR) is 123 cm³/mol. The van der Waals surface area contributed by atoms with Crippen molar-refractivity contribution >= 4 is 34.3 Å². The lowest BCUT2D eigenvalue weighted by Crippen LogP contribution is -2.25. The molecule has 0 heterocycles. The van der Waals surface area contributed by atoms with E-state index in [1.54, 1.807) is 36.4 Å². The number of nitrogens with zero attached hydrogens (tertiary/aromatic N) is 3. The van der Waals surface area contributed by atoms with E-state index >= 15 is 0 Å². The second-order valence-electron chi connectivity index (χ2n) is 6.76. The van der Waals surface area contributed by atoms with E-state index in [9.17, 15) is 20.0 Å². The van der Waals surface area contributed by atoms with Gasteiger partial charge in [0.15, 0.2) is 5.17 Å². The molecular formula is C23H21N3O4S. The Labute approximate surface area is 184 Å². The van der Waals surface area contributed by atoms with Gasteiger partial charge in [-0.3, -0.25) is 14.9 Å². The number of nitro benzene ring substituents is 1. The number of carboxylic acid groups (broad SMARTS) is 1. The van der Waals surface area contributed by atoms with Crippen LogP contribution in [-0.2, 0) is 11.3 Å². The van der Waals surface area contributed by atoms with Crippen LogP contribution in [0.1, 0.15) is 16.4 Å². The van der Waals surface area contributed by atoms with Crippen molar-refractivity contribution in [3.05, 3.63) is 106 Å². The van der Waals surface area contributed by atoms with Crippen molar-refractivity contribution in [1.82, 2.24) is 4.90 Å². The quantitative estimate of drug-likeness (QED) is 0.235. The minimum absolute atomic E-state index is 0.0292. The first kappa shape index (κ1) is 22.0. The summed E-state index contributed by atoms with van der Waals surface area (Å²) in [6, 6.07) is 24.6. The van der Waals surface area contributed by atoms with Crippen LogP contribution in [-0.4, -0.2) is 33.1 Å². The lowest BCUT2D eigenvalue weighted by Gasteiger charge is -2.23. The summed E-state index contributed by atoms with van der Waals surface area (Å²) in [6.45, 7) is 0.529. The van der Waals surface area contributed by atoms with E-state index in [-0.39, 0.29) is 5.69 Å². The van der Waals surface area contributed by atoms with Crippen molar-refractivity contribution in [3.8, 4) is 0 Å². The molecule has 0 aliphatic carbocycles. The van der Waals surface area contributed by atoms with Crippen molar-refractivity contribution in [2.24, 2.45) is 4.99 Å². The number of hydrogen-bond acceptors (Lipinski definition) is 5. The van der Waals surface area contributed by atoms with Crippen LogP contribution in [0, 0.1) is 10.1 Å². The second-order valence-corrected chi connectivity index (χ2v) is 7.83. The summed E-state index contributed by atoms with van der Waals surface area (Å²) in [5, 5.41) is 20.4. The van der Waals surface area contributed by atoms with E-state index in [1.165, 1.54) is 12.1 Å². The van der Waals surface area contributed by atoms with Gasteiger partial charge in [0.1, 0.15) is 5.25 Å². The van der Waals surface area contributed by atoms with Gasteiger partial charge in [0.2, 0.25) is 0 Å². The molecule has 3 rings (SSSR count). The Bertz CT molecular complexity index is 1060. The molecule has 8 heteroatoms. The number of carboxylic acids is 1. The highest BCUT2D eigenvalue weighted by Gasteiger charge is 2.25. The van der Waals surface area contributed by atoms with E-state index in [0.717, 1.165) is 17.3 Å². The largest absolute Gasteiger partial charge is 0.480 e. The molecule has 0 radical (unpaired) electrons. The molecule has 1 N–H and O–H groups in total. The molecule has 31 heavy (non-hydrogen) atoms. The highest BCUT2D eigenvalue weighted by molar-refractivity contribution is 8.14. The Morgan fingerprint density at radius 1 is 1.03 bits per heavy atom. The van der Waals surface area contributed by atoms with Crippen LogP contribution in [0.5, 0.6) is 0 Å². The molecule has 0 saturated carbocycles. The van der Waals surface area contributed by atoms with Gasteiger partial charge in [-0.2, -0.15) is 0 Å². The third-order valence-corrected chi connectivity index (χ3v) is 5.75. The highest BCUT2D eigenvalue weighted by Crippen LogP contribution is 2.33. The zero-order chi connectivity index (χ0) is 22.2. The number of non-ortho nitro benzene ring substituents is 1. The lowest BCUT2D eigenvalue weighted by molar-refractivity contribution is -0.384. The van der Waals surface area contributed by atoms with Crippen LogP contribution in [0.4, 0.5) is 11.4 Å². The third-order valence-electron chi connectivity index (χ3n) is 4.42. The molecular weight excluding hydrogens is 414 g/mol. The van der Waals surface area contributed by atoms with E-state index in [4.69, 9.17) is 0 Å². The summed E-state index contributed by atoms with van der Waals surface area (Å²) < 4.78 is 0. The molecule has 0 spiro atoms. The number of thioether (sulfide) groups is 1. The maximum absolute atomic E-state index is 12.0. The van der Waals surface area contributed by atoms with Gasteiger partial charge in [-0.05, 0) is 23.3 Å². The number of aliphatic imine (C=N–C) groups is 1. The topological polar surface area (TPSA) is 96.0 Å². The van der Waals surface area contributed by atoms with E-state index in [2.05, 4.69) is 4.99 Å². The van der Waals surface area contributed by atoms with Crippen LogP contribution in [0.15, 0.2) is 89.9 Å². The third kappa shape index (κ3) is 6.16. The number of nitro groups is 1. The van der Waals surface area contributed by atoms with E-state index < -0.39 is 16.1 Å². The first-order chi connectivity index (χ1) is 14.9. The van der Waals surface area contributed by atoms with Crippen molar-refractivity contribution in [2.45, 2.75) is 11.8 Å². The van der Waals surface area contributed by atoms with Crippen LogP contribution in [0.25, 0.3) is 0 Å². The predicted octanol–water partition coefficient (Wildman–Crippen LogP) is 5.27. The summed E-state index contributed by atoms with van der Waals surface area (Å²) in [4.78, 5) is 29.0. The monoisotopic (exact) mass is 435 g/mol. The smallest absolute Gasteiger partial charge is 0.321 e. The molecule has 1 atom stereocenters. The molecule has 3 aromatic rings. The minimum Gasteiger partial charge on any atom is -0.480 e. The number of amidine groups is 1. The molecule has 0 aliphatic rings. The second kappa shape index (κ2) is 10.4. The van der Waals surface area contributed by atoms with Gasteiger partial charge < -0.3 is 10.0 Å². The fourth-order valence-electron chi connectivity index (χ4n) is 2.88. The Morgan fingerprint density at radius 2 is 1.61 bits per heavy atom. The Hall–Kier alpha value is -3.65. The van der Waals surface area contributed by atoms with Gasteiger partial charge in [-0.1, -0.05) is 72.4 Å². The standard InChI is InChI=1S/C23H21N3O4S/c1-25(16-17-8-4-2-5-9-17)23(24-19-12-14-20(15-13-19)26(29)30)31-21(22(27)28)18-10-6-3-7-11-18/h2-15,21H,16H2,1H3,(H,27,28). The van der Waals surface area contributed by atoms with E-state index in [1.807, 2.05) is 48.3 Å². The number of carbonyl (C=O) groups is 1. The molecule has 0 bridgehead atoms. The van der Waals surface area contributed by atoms with Gasteiger partial charge >= 0.3 is 5.97 Å². The molecule has 1 unspecified atom stereocenters. The number of hydrogen-bond donors (Lipinski definition) is 1. The summed E-state index contributed by atoms with van der Waals surface area (Å²) >= 11 is 1.13. The van der Waals surface area contributed by atoms with Gasteiger partial charge in [-0.15, -0.1) is 0 Å². The zero-order valence-corrected chi connectivity index (χ0v) is 17.6.